The third-order valence-corrected chi connectivity index (χ3v) is 1.99. The van der Waals surface area contributed by atoms with Gasteiger partial charge >= 0.3 is 0 Å². The molecule has 0 aliphatic carbocycles. The molecule has 4 N–H and O–H groups in total. The van der Waals surface area contributed by atoms with E-state index in [2.05, 4.69) is 15.5 Å². The van der Waals surface area contributed by atoms with Crippen LogP contribution in [0.3, 0.4) is 0 Å². The molecule has 0 atom stereocenters. The van der Waals surface area contributed by atoms with Crippen LogP contribution in [0.15, 0.2) is 6.08 Å². The molecule has 5 heteroatoms. The summed E-state index contributed by atoms with van der Waals surface area (Å²) in [6, 6.07) is 0. The second kappa shape index (κ2) is 5.19. The van der Waals surface area contributed by atoms with Crippen molar-refractivity contribution in [3.05, 3.63) is 17.3 Å². The first-order valence-electron chi connectivity index (χ1n) is 4.82. The Hall–Kier alpha value is -1.78. The average Bonchev–Trinajstić information content (AvgIpc) is 2.47. The summed E-state index contributed by atoms with van der Waals surface area (Å²) in [4.78, 5) is 10.6. The first-order chi connectivity index (χ1) is 7.11. The van der Waals surface area contributed by atoms with Crippen LogP contribution in [0.2, 0.25) is 0 Å². The second-order valence-electron chi connectivity index (χ2n) is 3.32. The molecule has 0 spiro atoms. The highest BCUT2D eigenvalue weighted by Crippen LogP contribution is 2.13. The molecule has 0 bridgehead atoms. The SMILES string of the molecule is CC(=O)NCCC=Cc1c(N)n[nH]c1C. The van der Waals surface area contributed by atoms with Crippen LogP contribution >= 0.6 is 0 Å². The minimum atomic E-state index is -0.0117. The van der Waals surface area contributed by atoms with E-state index in [4.69, 9.17) is 5.73 Å². The molecule has 1 amide bonds. The van der Waals surface area contributed by atoms with Gasteiger partial charge in [-0.2, -0.15) is 5.10 Å². The van der Waals surface area contributed by atoms with E-state index in [1.807, 2.05) is 19.1 Å². The van der Waals surface area contributed by atoms with Crippen LogP contribution < -0.4 is 11.1 Å². The predicted octanol–water partition coefficient (Wildman–Crippen LogP) is 0.840. The zero-order valence-corrected chi connectivity index (χ0v) is 9.00. The van der Waals surface area contributed by atoms with E-state index in [1.54, 1.807) is 0 Å². The Bertz CT molecular complexity index is 348. The Morgan fingerprint density at radius 2 is 2.40 bits per heavy atom. The third-order valence-electron chi connectivity index (χ3n) is 1.99. The van der Waals surface area contributed by atoms with E-state index < -0.39 is 0 Å². The number of carbonyl (C=O) groups excluding carboxylic acids is 1. The molecule has 0 unspecified atom stereocenters. The van der Waals surface area contributed by atoms with Gasteiger partial charge in [0.25, 0.3) is 0 Å². The molecule has 0 saturated carbocycles. The van der Waals surface area contributed by atoms with Crippen molar-refractivity contribution >= 4 is 17.8 Å². The number of aromatic amines is 1. The third kappa shape index (κ3) is 3.46. The van der Waals surface area contributed by atoms with Gasteiger partial charge in [0.2, 0.25) is 5.91 Å². The number of aromatic nitrogens is 2. The highest BCUT2D eigenvalue weighted by molar-refractivity contribution is 5.72. The van der Waals surface area contributed by atoms with Gasteiger partial charge in [-0.1, -0.05) is 12.2 Å². The predicted molar refractivity (Wildman–Crippen MR) is 60.1 cm³/mol. The van der Waals surface area contributed by atoms with E-state index in [-0.39, 0.29) is 5.91 Å². The Kier molecular flexibility index (Phi) is 3.91. The first-order valence-corrected chi connectivity index (χ1v) is 4.82. The van der Waals surface area contributed by atoms with Crippen molar-refractivity contribution in [2.75, 3.05) is 12.3 Å². The molecule has 0 aliphatic heterocycles. The number of H-pyrrole nitrogens is 1. The molecule has 0 fully saturated rings. The van der Waals surface area contributed by atoms with E-state index in [9.17, 15) is 4.79 Å². The summed E-state index contributed by atoms with van der Waals surface area (Å²) in [6.07, 6.45) is 4.66. The quantitative estimate of drug-likeness (QED) is 0.641. The Balaban J connectivity index is 2.41. The van der Waals surface area contributed by atoms with Crippen molar-refractivity contribution in [3.8, 4) is 0 Å². The summed E-state index contributed by atoms with van der Waals surface area (Å²) in [5, 5.41) is 9.39. The fraction of sp³-hybridized carbons (Fsp3) is 0.400. The molecule has 82 valence electrons. The largest absolute Gasteiger partial charge is 0.382 e. The van der Waals surface area contributed by atoms with Gasteiger partial charge in [-0.05, 0) is 13.3 Å². The molecule has 1 rings (SSSR count). The van der Waals surface area contributed by atoms with Crippen molar-refractivity contribution in [3.63, 3.8) is 0 Å². The van der Waals surface area contributed by atoms with Crippen LogP contribution in [-0.2, 0) is 4.79 Å². The molecule has 1 aromatic heterocycles. The van der Waals surface area contributed by atoms with Crippen LogP contribution in [0.5, 0.6) is 0 Å². The first kappa shape index (κ1) is 11.3. The summed E-state index contributed by atoms with van der Waals surface area (Å²) in [7, 11) is 0. The smallest absolute Gasteiger partial charge is 0.216 e. The van der Waals surface area contributed by atoms with Gasteiger partial charge in [0.05, 0.1) is 0 Å². The van der Waals surface area contributed by atoms with Crippen LogP contribution in [0.1, 0.15) is 24.6 Å². The van der Waals surface area contributed by atoms with E-state index >= 15 is 0 Å². The Morgan fingerprint density at radius 1 is 1.67 bits per heavy atom. The van der Waals surface area contributed by atoms with Crippen molar-refractivity contribution in [2.24, 2.45) is 0 Å². The van der Waals surface area contributed by atoms with Crippen molar-refractivity contribution < 1.29 is 4.79 Å². The molecule has 0 aliphatic rings. The molecule has 1 aromatic rings. The van der Waals surface area contributed by atoms with Gasteiger partial charge < -0.3 is 11.1 Å². The maximum Gasteiger partial charge on any atom is 0.216 e. The number of aryl methyl sites for hydroxylation is 1. The minimum absolute atomic E-state index is 0.0117. The van der Waals surface area contributed by atoms with E-state index in [1.165, 1.54) is 6.92 Å². The number of carbonyl (C=O) groups is 1. The summed E-state index contributed by atoms with van der Waals surface area (Å²) in [5.74, 6) is 0.491. The molecular weight excluding hydrogens is 192 g/mol. The highest BCUT2D eigenvalue weighted by atomic mass is 16.1. The van der Waals surface area contributed by atoms with Crippen molar-refractivity contribution in [2.45, 2.75) is 20.3 Å². The fourth-order valence-electron chi connectivity index (χ4n) is 1.20. The van der Waals surface area contributed by atoms with Crippen LogP contribution in [0.4, 0.5) is 5.82 Å². The zero-order chi connectivity index (χ0) is 11.3. The number of anilines is 1. The highest BCUT2D eigenvalue weighted by Gasteiger charge is 2.01. The van der Waals surface area contributed by atoms with Gasteiger partial charge in [-0.3, -0.25) is 9.89 Å². The lowest BCUT2D eigenvalue weighted by Gasteiger charge is -1.96. The van der Waals surface area contributed by atoms with Gasteiger partial charge in [-0.15, -0.1) is 0 Å². The lowest BCUT2D eigenvalue weighted by atomic mass is 10.2. The fourth-order valence-corrected chi connectivity index (χ4v) is 1.20. The normalized spacial score (nSPS) is 10.8. The average molecular weight is 208 g/mol. The van der Waals surface area contributed by atoms with Gasteiger partial charge in [0.15, 0.2) is 5.82 Å². The zero-order valence-electron chi connectivity index (χ0n) is 9.00. The van der Waals surface area contributed by atoms with E-state index in [0.29, 0.717) is 12.4 Å². The number of nitrogens with two attached hydrogens (primary N) is 1. The lowest BCUT2D eigenvalue weighted by molar-refractivity contribution is -0.118. The lowest BCUT2D eigenvalue weighted by Crippen LogP contribution is -2.20. The van der Waals surface area contributed by atoms with Gasteiger partial charge in [0.1, 0.15) is 0 Å². The number of amides is 1. The number of hydrogen-bond acceptors (Lipinski definition) is 3. The van der Waals surface area contributed by atoms with Crippen molar-refractivity contribution in [1.82, 2.24) is 15.5 Å². The van der Waals surface area contributed by atoms with Crippen LogP contribution in [0, 0.1) is 6.92 Å². The summed E-state index contributed by atoms with van der Waals surface area (Å²) < 4.78 is 0. The van der Waals surface area contributed by atoms with Crippen LogP contribution in [-0.4, -0.2) is 22.6 Å². The second-order valence-corrected chi connectivity index (χ2v) is 3.32. The number of nitrogens with one attached hydrogen (secondary N) is 2. The molecule has 0 radical (unpaired) electrons. The topological polar surface area (TPSA) is 83.8 Å². The maximum absolute atomic E-state index is 10.6. The summed E-state index contributed by atoms with van der Waals surface area (Å²) in [6.45, 7) is 4.06. The van der Waals surface area contributed by atoms with E-state index in [0.717, 1.165) is 17.7 Å². The van der Waals surface area contributed by atoms with Gasteiger partial charge in [0, 0.05) is 24.7 Å². The Morgan fingerprint density at radius 3 is 2.93 bits per heavy atom. The molecule has 5 nitrogen and oxygen atoms in total. The summed E-state index contributed by atoms with van der Waals surface area (Å²) in [5.41, 5.74) is 7.50. The minimum Gasteiger partial charge on any atom is -0.382 e. The monoisotopic (exact) mass is 208 g/mol. The van der Waals surface area contributed by atoms with Gasteiger partial charge in [-0.25, -0.2) is 0 Å². The molecular formula is C10H16N4O. The maximum atomic E-state index is 10.6. The number of rotatable bonds is 4. The van der Waals surface area contributed by atoms with Crippen molar-refractivity contribution in [1.29, 1.82) is 0 Å². The molecule has 0 aromatic carbocycles. The number of nitrogens with zero attached hydrogens (tertiary/aromatic N) is 1. The number of nitrogen functional groups attached to an aromatic ring is 1. The van der Waals surface area contributed by atoms with Crippen LogP contribution in [0.25, 0.3) is 6.08 Å². The molecule has 1 heterocycles. The molecule has 15 heavy (non-hydrogen) atoms. The Labute approximate surface area is 88.7 Å². The standard InChI is InChI=1S/C10H16N4O/c1-7-9(10(11)14-13-7)5-3-4-6-12-8(2)15/h3,5H,4,6H2,1-2H3,(H,12,15)(H3,11,13,14). The molecule has 0 saturated heterocycles. The number of hydrogen-bond donors (Lipinski definition) is 3. The summed E-state index contributed by atoms with van der Waals surface area (Å²) >= 11 is 0.